The number of nitrogens with zero attached hydrogens (tertiary/aromatic N) is 2. The second kappa shape index (κ2) is 7.34. The van der Waals surface area contributed by atoms with Gasteiger partial charge in [0.05, 0.1) is 0 Å². The summed E-state index contributed by atoms with van der Waals surface area (Å²) in [6, 6.07) is 0.770. The highest BCUT2D eigenvalue weighted by Gasteiger charge is 2.15. The van der Waals surface area contributed by atoms with Gasteiger partial charge in [-0.2, -0.15) is 0 Å². The highest BCUT2D eigenvalue weighted by atomic mass is 15.2. The Morgan fingerprint density at radius 2 is 1.77 bits per heavy atom. The molecule has 2 heteroatoms. The molecular weight excluding hydrogens is 160 g/mol. The van der Waals surface area contributed by atoms with Gasteiger partial charge in [0.25, 0.3) is 0 Å². The molecular formula is C11H26N2. The van der Waals surface area contributed by atoms with E-state index in [1.165, 1.54) is 32.6 Å². The van der Waals surface area contributed by atoms with Crippen LogP contribution in [-0.2, 0) is 0 Å². The Balaban J connectivity index is 0.000000671. The molecule has 2 nitrogen and oxygen atoms in total. The molecule has 0 bridgehead atoms. The molecule has 1 fully saturated rings. The molecule has 1 aliphatic heterocycles. The van der Waals surface area contributed by atoms with Gasteiger partial charge in [-0.3, -0.25) is 0 Å². The van der Waals surface area contributed by atoms with E-state index in [9.17, 15) is 0 Å². The molecule has 0 aliphatic carbocycles. The summed E-state index contributed by atoms with van der Waals surface area (Å²) >= 11 is 0. The molecule has 0 amide bonds. The highest BCUT2D eigenvalue weighted by Crippen LogP contribution is 2.07. The van der Waals surface area contributed by atoms with E-state index in [-0.39, 0.29) is 0 Å². The molecule has 0 spiro atoms. The third-order valence-electron chi connectivity index (χ3n) is 2.83. The lowest BCUT2D eigenvalue weighted by Gasteiger charge is -2.20. The Kier molecular flexibility index (Phi) is 7.29. The largest absolute Gasteiger partial charge is 0.302 e. The van der Waals surface area contributed by atoms with Crippen LogP contribution in [0.2, 0.25) is 0 Å². The molecule has 0 saturated carbocycles. The second-order valence-electron chi connectivity index (χ2n) is 3.55. The molecule has 80 valence electrons. The lowest BCUT2D eigenvalue weighted by atomic mass is 10.2. The van der Waals surface area contributed by atoms with Gasteiger partial charge in [0.2, 0.25) is 0 Å². The van der Waals surface area contributed by atoms with Crippen molar-refractivity contribution in [2.75, 3.05) is 33.2 Å². The van der Waals surface area contributed by atoms with Crippen LogP contribution in [0.3, 0.4) is 0 Å². The fraction of sp³-hybridized carbons (Fsp3) is 1.00. The highest BCUT2D eigenvalue weighted by molar-refractivity contribution is 4.72. The van der Waals surface area contributed by atoms with E-state index in [1.807, 2.05) is 13.8 Å². The van der Waals surface area contributed by atoms with Crippen LogP contribution in [0.1, 0.15) is 34.1 Å². The van der Waals surface area contributed by atoms with E-state index in [4.69, 9.17) is 0 Å². The van der Waals surface area contributed by atoms with E-state index in [0.717, 1.165) is 6.04 Å². The predicted molar refractivity (Wildman–Crippen MR) is 60.2 cm³/mol. The van der Waals surface area contributed by atoms with Gasteiger partial charge in [0.15, 0.2) is 0 Å². The standard InChI is InChI=1S/C9H20N2.C2H6/c1-4-11-6-5-9(2)10(3)7-8-11;1-2/h9H,4-8H2,1-3H3;1-2H3. The van der Waals surface area contributed by atoms with Crippen LogP contribution in [0.15, 0.2) is 0 Å². The molecule has 1 rings (SSSR count). The zero-order chi connectivity index (χ0) is 10.3. The summed E-state index contributed by atoms with van der Waals surface area (Å²) in [6.07, 6.45) is 1.32. The van der Waals surface area contributed by atoms with Crippen LogP contribution in [-0.4, -0.2) is 49.1 Å². The summed E-state index contributed by atoms with van der Waals surface area (Å²) < 4.78 is 0. The molecule has 1 atom stereocenters. The maximum absolute atomic E-state index is 2.53. The summed E-state index contributed by atoms with van der Waals surface area (Å²) in [6.45, 7) is 13.5. The Hall–Kier alpha value is -0.0800. The van der Waals surface area contributed by atoms with E-state index in [1.54, 1.807) is 0 Å². The maximum Gasteiger partial charge on any atom is 0.0109 e. The van der Waals surface area contributed by atoms with Gasteiger partial charge in [-0.15, -0.1) is 0 Å². The average Bonchev–Trinajstić information content (AvgIpc) is 2.34. The van der Waals surface area contributed by atoms with Crippen LogP contribution in [0.4, 0.5) is 0 Å². The third-order valence-corrected chi connectivity index (χ3v) is 2.83. The van der Waals surface area contributed by atoms with Gasteiger partial charge in [0, 0.05) is 19.1 Å². The SMILES string of the molecule is CC.CCN1CCC(C)N(C)CC1. The van der Waals surface area contributed by atoms with Crippen LogP contribution < -0.4 is 0 Å². The van der Waals surface area contributed by atoms with E-state index in [2.05, 4.69) is 30.7 Å². The molecule has 1 aliphatic rings. The fourth-order valence-corrected chi connectivity index (χ4v) is 1.54. The Bertz CT molecular complexity index is 103. The molecule has 0 aromatic heterocycles. The maximum atomic E-state index is 2.53. The topological polar surface area (TPSA) is 6.48 Å². The molecule has 1 saturated heterocycles. The normalized spacial score (nSPS) is 26.1. The van der Waals surface area contributed by atoms with Gasteiger partial charge in [-0.05, 0) is 33.5 Å². The first-order valence-electron chi connectivity index (χ1n) is 5.66. The minimum Gasteiger partial charge on any atom is -0.302 e. The minimum atomic E-state index is 0.770. The van der Waals surface area contributed by atoms with Gasteiger partial charge in [-0.1, -0.05) is 20.8 Å². The summed E-state index contributed by atoms with van der Waals surface area (Å²) in [5, 5.41) is 0. The first-order valence-corrected chi connectivity index (χ1v) is 5.66. The zero-order valence-electron chi connectivity index (χ0n) is 10.0. The molecule has 0 aromatic rings. The Labute approximate surface area is 83.9 Å². The van der Waals surface area contributed by atoms with Gasteiger partial charge >= 0.3 is 0 Å². The minimum absolute atomic E-state index is 0.770. The number of hydrogen-bond acceptors (Lipinski definition) is 2. The lowest BCUT2D eigenvalue weighted by Crippen LogP contribution is -2.31. The van der Waals surface area contributed by atoms with Crippen molar-refractivity contribution in [3.63, 3.8) is 0 Å². The summed E-state index contributed by atoms with van der Waals surface area (Å²) in [5.41, 5.74) is 0. The third kappa shape index (κ3) is 4.63. The van der Waals surface area contributed by atoms with Crippen molar-refractivity contribution >= 4 is 0 Å². The summed E-state index contributed by atoms with van der Waals surface area (Å²) in [5.74, 6) is 0. The van der Waals surface area contributed by atoms with E-state index < -0.39 is 0 Å². The number of likely N-dealkylation sites (N-methyl/N-ethyl adjacent to an activating group) is 2. The van der Waals surface area contributed by atoms with Crippen molar-refractivity contribution in [2.45, 2.75) is 40.2 Å². The second-order valence-corrected chi connectivity index (χ2v) is 3.55. The molecule has 1 unspecified atom stereocenters. The van der Waals surface area contributed by atoms with Crippen LogP contribution in [0.5, 0.6) is 0 Å². The van der Waals surface area contributed by atoms with Gasteiger partial charge < -0.3 is 9.80 Å². The van der Waals surface area contributed by atoms with Crippen LogP contribution in [0.25, 0.3) is 0 Å². The van der Waals surface area contributed by atoms with Crippen molar-refractivity contribution in [1.82, 2.24) is 9.80 Å². The van der Waals surface area contributed by atoms with E-state index >= 15 is 0 Å². The van der Waals surface area contributed by atoms with Crippen molar-refractivity contribution in [3.8, 4) is 0 Å². The summed E-state index contributed by atoms with van der Waals surface area (Å²) in [4.78, 5) is 4.98. The van der Waals surface area contributed by atoms with Crippen LogP contribution in [0, 0.1) is 0 Å². The van der Waals surface area contributed by atoms with Crippen molar-refractivity contribution in [3.05, 3.63) is 0 Å². The van der Waals surface area contributed by atoms with Gasteiger partial charge in [-0.25, -0.2) is 0 Å². The molecule has 1 heterocycles. The summed E-state index contributed by atoms with van der Waals surface area (Å²) in [7, 11) is 2.23. The predicted octanol–water partition coefficient (Wildman–Crippen LogP) is 2.06. The van der Waals surface area contributed by atoms with E-state index in [0.29, 0.717) is 0 Å². The van der Waals surface area contributed by atoms with Gasteiger partial charge in [0.1, 0.15) is 0 Å². The first kappa shape index (κ1) is 12.9. The molecule has 0 N–H and O–H groups in total. The number of hydrogen-bond donors (Lipinski definition) is 0. The Morgan fingerprint density at radius 1 is 1.15 bits per heavy atom. The molecule has 0 radical (unpaired) electrons. The van der Waals surface area contributed by atoms with Crippen molar-refractivity contribution < 1.29 is 0 Å². The molecule has 13 heavy (non-hydrogen) atoms. The average molecular weight is 186 g/mol. The lowest BCUT2D eigenvalue weighted by molar-refractivity contribution is 0.262. The van der Waals surface area contributed by atoms with Crippen molar-refractivity contribution in [1.29, 1.82) is 0 Å². The number of rotatable bonds is 1. The monoisotopic (exact) mass is 186 g/mol. The Morgan fingerprint density at radius 3 is 2.31 bits per heavy atom. The quantitative estimate of drug-likeness (QED) is 0.618. The fourth-order valence-electron chi connectivity index (χ4n) is 1.54. The smallest absolute Gasteiger partial charge is 0.0109 e. The van der Waals surface area contributed by atoms with Crippen LogP contribution >= 0.6 is 0 Å². The zero-order valence-corrected chi connectivity index (χ0v) is 10.0. The first-order chi connectivity index (χ1) is 6.24. The van der Waals surface area contributed by atoms with Crippen molar-refractivity contribution in [2.24, 2.45) is 0 Å². The molecule has 0 aromatic carbocycles.